The Hall–Kier alpha value is -1.58. The summed E-state index contributed by atoms with van der Waals surface area (Å²) in [6.45, 7) is 0.558. The minimum atomic E-state index is -0.0852. The van der Waals surface area contributed by atoms with Crippen LogP contribution >= 0.6 is 46.6 Å². The maximum Gasteiger partial charge on any atom is 0.266 e. The number of phenols is 1. The topological polar surface area (TPSA) is 49.8 Å². The zero-order chi connectivity index (χ0) is 18.7. The van der Waals surface area contributed by atoms with Crippen LogP contribution in [0.25, 0.3) is 6.08 Å². The molecule has 1 heterocycles. The smallest absolute Gasteiger partial charge is 0.266 e. The monoisotopic (exact) mass is 497 g/mol. The number of rotatable bonds is 5. The number of benzene rings is 2. The van der Waals surface area contributed by atoms with Crippen molar-refractivity contribution in [1.82, 2.24) is 4.90 Å². The SMILES string of the molecule is COc1cc(C=C2SC(=S)N(CCc3ccccc3)C2=O)cc(I)c1O. The summed E-state index contributed by atoms with van der Waals surface area (Å²) in [6.07, 6.45) is 2.54. The summed E-state index contributed by atoms with van der Waals surface area (Å²) in [4.78, 5) is 14.9. The minimum absolute atomic E-state index is 0.0852. The van der Waals surface area contributed by atoms with E-state index in [1.165, 1.54) is 24.4 Å². The third-order valence-electron chi connectivity index (χ3n) is 3.91. The number of methoxy groups -OCH3 is 1. The zero-order valence-electron chi connectivity index (χ0n) is 13.9. The molecule has 2 aromatic rings. The molecule has 4 nitrogen and oxygen atoms in total. The lowest BCUT2D eigenvalue weighted by atomic mass is 10.1. The number of carbonyl (C=O) groups is 1. The van der Waals surface area contributed by atoms with Crippen LogP contribution in [0.3, 0.4) is 0 Å². The minimum Gasteiger partial charge on any atom is -0.504 e. The van der Waals surface area contributed by atoms with Gasteiger partial charge in [0.05, 0.1) is 15.6 Å². The van der Waals surface area contributed by atoms with Crippen molar-refractivity contribution in [3.63, 3.8) is 0 Å². The van der Waals surface area contributed by atoms with Gasteiger partial charge in [0.2, 0.25) is 0 Å². The van der Waals surface area contributed by atoms with Crippen LogP contribution in [0.4, 0.5) is 0 Å². The van der Waals surface area contributed by atoms with Gasteiger partial charge in [0.25, 0.3) is 5.91 Å². The highest BCUT2D eigenvalue weighted by atomic mass is 127. The average Bonchev–Trinajstić information content (AvgIpc) is 2.90. The fourth-order valence-electron chi connectivity index (χ4n) is 2.56. The standard InChI is InChI=1S/C19H16INO3S2/c1-24-15-10-13(9-14(20)17(15)22)11-16-18(23)21(19(25)26-16)8-7-12-5-3-2-4-6-12/h2-6,9-11,22H,7-8H2,1H3. The maximum absolute atomic E-state index is 12.7. The first-order valence-corrected chi connectivity index (χ1v) is 10.2. The lowest BCUT2D eigenvalue weighted by Gasteiger charge is -2.14. The van der Waals surface area contributed by atoms with E-state index in [-0.39, 0.29) is 11.7 Å². The van der Waals surface area contributed by atoms with E-state index >= 15 is 0 Å². The van der Waals surface area contributed by atoms with E-state index in [2.05, 4.69) is 0 Å². The highest BCUT2D eigenvalue weighted by molar-refractivity contribution is 14.1. The van der Waals surface area contributed by atoms with Gasteiger partial charge in [-0.3, -0.25) is 9.69 Å². The number of phenolic OH excluding ortho intramolecular Hbond substituents is 1. The number of thioether (sulfide) groups is 1. The van der Waals surface area contributed by atoms with E-state index in [1.54, 1.807) is 23.1 Å². The highest BCUT2D eigenvalue weighted by Crippen LogP contribution is 2.36. The summed E-state index contributed by atoms with van der Waals surface area (Å²) in [5, 5.41) is 9.94. The molecule has 0 unspecified atom stereocenters. The van der Waals surface area contributed by atoms with Crippen molar-refractivity contribution in [3.05, 3.63) is 62.1 Å². The van der Waals surface area contributed by atoms with E-state index in [1.807, 2.05) is 52.9 Å². The lowest BCUT2D eigenvalue weighted by molar-refractivity contribution is -0.122. The molecule has 1 aliphatic heterocycles. The predicted molar refractivity (Wildman–Crippen MR) is 117 cm³/mol. The van der Waals surface area contributed by atoms with Crippen LogP contribution in [-0.2, 0) is 11.2 Å². The molecule has 0 saturated carbocycles. The quantitative estimate of drug-likeness (QED) is 0.376. The first-order valence-electron chi connectivity index (χ1n) is 7.85. The Morgan fingerprint density at radius 1 is 1.31 bits per heavy atom. The molecule has 0 aliphatic carbocycles. The molecule has 26 heavy (non-hydrogen) atoms. The van der Waals surface area contributed by atoms with Gasteiger partial charge in [-0.1, -0.05) is 54.3 Å². The average molecular weight is 497 g/mol. The molecular weight excluding hydrogens is 481 g/mol. The molecule has 1 saturated heterocycles. The van der Waals surface area contributed by atoms with Crippen LogP contribution < -0.4 is 4.74 Å². The molecule has 1 fully saturated rings. The predicted octanol–water partition coefficient (Wildman–Crippen LogP) is 4.45. The molecule has 0 bridgehead atoms. The molecule has 0 radical (unpaired) electrons. The summed E-state index contributed by atoms with van der Waals surface area (Å²) < 4.78 is 6.40. The van der Waals surface area contributed by atoms with E-state index < -0.39 is 0 Å². The van der Waals surface area contributed by atoms with Crippen LogP contribution in [0.15, 0.2) is 47.4 Å². The third-order valence-corrected chi connectivity index (χ3v) is 6.11. The molecule has 7 heteroatoms. The number of hydrogen-bond donors (Lipinski definition) is 1. The van der Waals surface area contributed by atoms with Crippen molar-refractivity contribution in [2.75, 3.05) is 13.7 Å². The Labute approximate surface area is 175 Å². The summed E-state index contributed by atoms with van der Waals surface area (Å²) in [5.41, 5.74) is 1.95. The van der Waals surface area contributed by atoms with Gasteiger partial charge in [-0.2, -0.15) is 0 Å². The van der Waals surface area contributed by atoms with E-state index in [4.69, 9.17) is 17.0 Å². The Bertz CT molecular complexity index is 884. The van der Waals surface area contributed by atoms with Gasteiger partial charge >= 0.3 is 0 Å². The lowest BCUT2D eigenvalue weighted by Crippen LogP contribution is -2.30. The van der Waals surface area contributed by atoms with Gasteiger partial charge in [0.15, 0.2) is 11.5 Å². The van der Waals surface area contributed by atoms with Crippen LogP contribution in [0.2, 0.25) is 0 Å². The summed E-state index contributed by atoms with van der Waals surface area (Å²) in [6, 6.07) is 13.5. The summed E-state index contributed by atoms with van der Waals surface area (Å²) in [7, 11) is 1.50. The Morgan fingerprint density at radius 2 is 2.04 bits per heavy atom. The number of aromatic hydroxyl groups is 1. The molecule has 0 atom stereocenters. The molecule has 0 spiro atoms. The van der Waals surface area contributed by atoms with E-state index in [0.717, 1.165) is 12.0 Å². The molecule has 134 valence electrons. The molecular formula is C19H16INO3S2. The Balaban J connectivity index is 1.78. The van der Waals surface area contributed by atoms with Crippen LogP contribution in [0.1, 0.15) is 11.1 Å². The van der Waals surface area contributed by atoms with Gasteiger partial charge in [0.1, 0.15) is 4.32 Å². The fraction of sp³-hybridized carbons (Fsp3) is 0.158. The second kappa shape index (κ2) is 8.41. The van der Waals surface area contributed by atoms with Crippen molar-refractivity contribution in [2.24, 2.45) is 0 Å². The second-order valence-corrected chi connectivity index (χ2v) is 8.46. The first-order chi connectivity index (χ1) is 12.5. The van der Waals surface area contributed by atoms with Crippen molar-refractivity contribution in [3.8, 4) is 11.5 Å². The van der Waals surface area contributed by atoms with Gasteiger partial charge in [-0.15, -0.1) is 0 Å². The Kier molecular flexibility index (Phi) is 6.20. The third kappa shape index (κ3) is 4.21. The number of ether oxygens (including phenoxy) is 1. The molecule has 2 aromatic carbocycles. The van der Waals surface area contributed by atoms with Gasteiger partial charge in [-0.25, -0.2) is 0 Å². The van der Waals surface area contributed by atoms with Crippen molar-refractivity contribution in [1.29, 1.82) is 0 Å². The summed E-state index contributed by atoms with van der Waals surface area (Å²) in [5.74, 6) is 0.390. The number of carbonyl (C=O) groups excluding carboxylic acids is 1. The normalized spacial score (nSPS) is 15.8. The molecule has 1 amide bonds. The van der Waals surface area contributed by atoms with Crippen LogP contribution in [-0.4, -0.2) is 33.9 Å². The molecule has 1 N–H and O–H groups in total. The van der Waals surface area contributed by atoms with E-state index in [0.29, 0.717) is 25.1 Å². The molecule has 1 aliphatic rings. The molecule has 3 rings (SSSR count). The first kappa shape index (κ1) is 19.2. The number of nitrogens with zero attached hydrogens (tertiary/aromatic N) is 1. The largest absolute Gasteiger partial charge is 0.504 e. The number of hydrogen-bond acceptors (Lipinski definition) is 5. The zero-order valence-corrected chi connectivity index (χ0v) is 17.7. The summed E-state index contributed by atoms with van der Waals surface area (Å²) >= 11 is 8.71. The van der Waals surface area contributed by atoms with Crippen LogP contribution in [0.5, 0.6) is 11.5 Å². The second-order valence-electron chi connectivity index (χ2n) is 5.62. The van der Waals surface area contributed by atoms with Crippen molar-refractivity contribution >= 4 is 62.9 Å². The molecule has 0 aromatic heterocycles. The van der Waals surface area contributed by atoms with Gasteiger partial charge in [-0.05, 0) is 58.3 Å². The van der Waals surface area contributed by atoms with Crippen molar-refractivity contribution in [2.45, 2.75) is 6.42 Å². The van der Waals surface area contributed by atoms with Gasteiger partial charge < -0.3 is 9.84 Å². The number of amides is 1. The highest BCUT2D eigenvalue weighted by Gasteiger charge is 2.31. The fourth-order valence-corrected chi connectivity index (χ4v) is 4.50. The number of halogens is 1. The van der Waals surface area contributed by atoms with Crippen LogP contribution in [0, 0.1) is 3.57 Å². The van der Waals surface area contributed by atoms with Crippen molar-refractivity contribution < 1.29 is 14.6 Å². The van der Waals surface area contributed by atoms with Gasteiger partial charge in [0, 0.05) is 6.54 Å². The Morgan fingerprint density at radius 3 is 2.73 bits per heavy atom. The number of thiocarbonyl (C=S) groups is 1. The maximum atomic E-state index is 12.7. The van der Waals surface area contributed by atoms with E-state index in [9.17, 15) is 9.90 Å².